The largest absolute Gasteiger partial charge is 0.481 e. The molecule has 0 saturated heterocycles. The van der Waals surface area contributed by atoms with Crippen LogP contribution in [0.4, 0.5) is 0 Å². The number of carbonyl (C=O) groups is 1. The van der Waals surface area contributed by atoms with Crippen LogP contribution in [0.1, 0.15) is 24.5 Å². The van der Waals surface area contributed by atoms with Crippen molar-refractivity contribution in [3.63, 3.8) is 0 Å². The number of halogens is 1. The normalized spacial score (nSPS) is 11.8. The number of rotatable bonds is 6. The summed E-state index contributed by atoms with van der Waals surface area (Å²) >= 11 is 5.96. The lowest BCUT2D eigenvalue weighted by atomic mass is 10.1. The van der Waals surface area contributed by atoms with E-state index in [9.17, 15) is 4.79 Å². The number of aryl methyl sites for hydroxylation is 1. The second kappa shape index (κ2) is 8.02. The van der Waals surface area contributed by atoms with Gasteiger partial charge in [0, 0.05) is 18.6 Å². The highest BCUT2D eigenvalue weighted by Crippen LogP contribution is 2.20. The second-order valence-corrected chi connectivity index (χ2v) is 6.09. The lowest BCUT2D eigenvalue weighted by Gasteiger charge is -2.24. The molecule has 0 saturated carbocycles. The molecule has 0 aliphatic carbocycles. The van der Waals surface area contributed by atoms with Crippen molar-refractivity contribution in [3.05, 3.63) is 64.7 Å². The number of nitrogens with zero attached hydrogens (tertiary/aromatic N) is 1. The van der Waals surface area contributed by atoms with Gasteiger partial charge in [-0.2, -0.15) is 0 Å². The van der Waals surface area contributed by atoms with Crippen LogP contribution in [-0.2, 0) is 11.3 Å². The molecule has 1 unspecified atom stereocenters. The zero-order valence-electron chi connectivity index (χ0n) is 13.8. The van der Waals surface area contributed by atoms with E-state index in [1.165, 1.54) is 5.56 Å². The van der Waals surface area contributed by atoms with Gasteiger partial charge in [-0.1, -0.05) is 54.4 Å². The Hall–Kier alpha value is -2.00. The number of benzene rings is 2. The molecule has 2 aromatic carbocycles. The van der Waals surface area contributed by atoms with Crippen LogP contribution in [0.25, 0.3) is 0 Å². The molecule has 2 rings (SSSR count). The predicted octanol–water partition coefficient (Wildman–Crippen LogP) is 4.46. The van der Waals surface area contributed by atoms with Gasteiger partial charge in [0.15, 0.2) is 6.10 Å². The highest BCUT2D eigenvalue weighted by molar-refractivity contribution is 6.30. The fourth-order valence-electron chi connectivity index (χ4n) is 2.30. The molecule has 0 fully saturated rings. The first-order valence-corrected chi connectivity index (χ1v) is 8.10. The van der Waals surface area contributed by atoms with Crippen molar-refractivity contribution in [1.82, 2.24) is 4.90 Å². The molecular weight excluding hydrogens is 310 g/mol. The van der Waals surface area contributed by atoms with E-state index in [0.717, 1.165) is 5.56 Å². The van der Waals surface area contributed by atoms with Crippen LogP contribution in [0, 0.1) is 6.92 Å². The molecule has 0 bridgehead atoms. The van der Waals surface area contributed by atoms with E-state index >= 15 is 0 Å². The zero-order valence-corrected chi connectivity index (χ0v) is 14.5. The van der Waals surface area contributed by atoms with Crippen molar-refractivity contribution in [2.24, 2.45) is 0 Å². The van der Waals surface area contributed by atoms with E-state index < -0.39 is 6.10 Å². The zero-order chi connectivity index (χ0) is 16.8. The van der Waals surface area contributed by atoms with E-state index in [1.54, 1.807) is 24.1 Å². The molecule has 0 radical (unpaired) electrons. The SMILES string of the molecule is CCC(Oc1cccc(Cl)c1)C(=O)N(C)Cc1ccc(C)cc1. The first-order chi connectivity index (χ1) is 11.0. The van der Waals surface area contributed by atoms with Gasteiger partial charge in [0.05, 0.1) is 0 Å². The molecule has 0 N–H and O–H groups in total. The summed E-state index contributed by atoms with van der Waals surface area (Å²) < 4.78 is 5.81. The van der Waals surface area contributed by atoms with E-state index in [0.29, 0.717) is 23.7 Å². The summed E-state index contributed by atoms with van der Waals surface area (Å²) in [5.41, 5.74) is 2.31. The van der Waals surface area contributed by atoms with E-state index in [4.69, 9.17) is 16.3 Å². The highest BCUT2D eigenvalue weighted by atomic mass is 35.5. The maximum Gasteiger partial charge on any atom is 0.263 e. The van der Waals surface area contributed by atoms with Crippen LogP contribution in [0.5, 0.6) is 5.75 Å². The van der Waals surface area contributed by atoms with Crippen molar-refractivity contribution in [2.45, 2.75) is 32.9 Å². The third-order valence-electron chi connectivity index (χ3n) is 3.64. The third kappa shape index (κ3) is 5.00. The maximum atomic E-state index is 12.6. The van der Waals surface area contributed by atoms with Crippen molar-refractivity contribution >= 4 is 17.5 Å². The third-order valence-corrected chi connectivity index (χ3v) is 3.87. The molecular formula is C19H22ClNO2. The quantitative estimate of drug-likeness (QED) is 0.782. The van der Waals surface area contributed by atoms with Gasteiger partial charge in [0.1, 0.15) is 5.75 Å². The number of likely N-dealkylation sites (N-methyl/N-ethyl adjacent to an activating group) is 1. The maximum absolute atomic E-state index is 12.6. The van der Waals surface area contributed by atoms with Gasteiger partial charge in [-0.25, -0.2) is 0 Å². The van der Waals surface area contributed by atoms with Crippen molar-refractivity contribution in [2.75, 3.05) is 7.05 Å². The number of hydrogen-bond donors (Lipinski definition) is 0. The molecule has 122 valence electrons. The lowest BCUT2D eigenvalue weighted by molar-refractivity contribution is -0.138. The number of amides is 1. The summed E-state index contributed by atoms with van der Waals surface area (Å²) in [6, 6.07) is 15.3. The van der Waals surface area contributed by atoms with Gasteiger partial charge in [-0.3, -0.25) is 4.79 Å². The number of carbonyl (C=O) groups excluding carboxylic acids is 1. The minimum atomic E-state index is -0.510. The second-order valence-electron chi connectivity index (χ2n) is 5.65. The minimum absolute atomic E-state index is 0.0342. The number of hydrogen-bond acceptors (Lipinski definition) is 2. The Morgan fingerprint density at radius 2 is 1.91 bits per heavy atom. The van der Waals surface area contributed by atoms with Crippen molar-refractivity contribution < 1.29 is 9.53 Å². The first kappa shape index (κ1) is 17.4. The summed E-state index contributed by atoms with van der Waals surface area (Å²) in [5, 5.41) is 0.595. The van der Waals surface area contributed by atoms with Gasteiger partial charge in [0.2, 0.25) is 0 Å². The molecule has 0 heterocycles. The Labute approximate surface area is 142 Å². The molecule has 2 aromatic rings. The van der Waals surface area contributed by atoms with E-state index in [-0.39, 0.29) is 5.91 Å². The average molecular weight is 332 g/mol. The summed E-state index contributed by atoms with van der Waals surface area (Å²) in [5.74, 6) is 0.578. The van der Waals surface area contributed by atoms with Crippen LogP contribution < -0.4 is 4.74 Å². The summed E-state index contributed by atoms with van der Waals surface area (Å²) in [6.07, 6.45) is 0.0905. The summed E-state index contributed by atoms with van der Waals surface area (Å²) in [4.78, 5) is 14.3. The topological polar surface area (TPSA) is 29.5 Å². The highest BCUT2D eigenvalue weighted by Gasteiger charge is 2.22. The Bertz CT molecular complexity index is 655. The summed E-state index contributed by atoms with van der Waals surface area (Å²) in [7, 11) is 1.80. The standard InChI is InChI=1S/C19H22ClNO2/c1-4-18(23-17-7-5-6-16(20)12-17)19(22)21(3)13-15-10-8-14(2)9-11-15/h5-12,18H,4,13H2,1-3H3. The van der Waals surface area contributed by atoms with E-state index in [2.05, 4.69) is 0 Å². The molecule has 0 spiro atoms. The molecule has 23 heavy (non-hydrogen) atoms. The monoisotopic (exact) mass is 331 g/mol. The smallest absolute Gasteiger partial charge is 0.263 e. The fourth-order valence-corrected chi connectivity index (χ4v) is 2.48. The Kier molecular flexibility index (Phi) is 6.05. The Morgan fingerprint density at radius 1 is 1.22 bits per heavy atom. The van der Waals surface area contributed by atoms with Crippen molar-refractivity contribution in [1.29, 1.82) is 0 Å². The first-order valence-electron chi connectivity index (χ1n) is 7.72. The Balaban J connectivity index is 2.02. The fraction of sp³-hybridized carbons (Fsp3) is 0.316. The summed E-state index contributed by atoms with van der Waals surface area (Å²) in [6.45, 7) is 4.55. The lowest BCUT2D eigenvalue weighted by Crippen LogP contribution is -2.39. The van der Waals surface area contributed by atoms with Gasteiger partial charge in [-0.15, -0.1) is 0 Å². The average Bonchev–Trinajstić information content (AvgIpc) is 2.54. The number of ether oxygens (including phenoxy) is 1. The van der Waals surface area contributed by atoms with Gasteiger partial charge in [0.25, 0.3) is 5.91 Å². The van der Waals surface area contributed by atoms with Gasteiger partial charge in [-0.05, 0) is 37.1 Å². The van der Waals surface area contributed by atoms with Gasteiger partial charge >= 0.3 is 0 Å². The van der Waals surface area contributed by atoms with Crippen LogP contribution in [0.2, 0.25) is 5.02 Å². The molecule has 0 aromatic heterocycles. The molecule has 0 aliphatic heterocycles. The van der Waals surface area contributed by atoms with Crippen LogP contribution in [0.15, 0.2) is 48.5 Å². The molecule has 3 nitrogen and oxygen atoms in total. The van der Waals surface area contributed by atoms with Crippen molar-refractivity contribution in [3.8, 4) is 5.75 Å². The van der Waals surface area contributed by atoms with Crippen LogP contribution in [0.3, 0.4) is 0 Å². The molecule has 1 amide bonds. The molecule has 0 aliphatic rings. The molecule has 1 atom stereocenters. The van der Waals surface area contributed by atoms with Gasteiger partial charge < -0.3 is 9.64 Å². The Morgan fingerprint density at radius 3 is 2.52 bits per heavy atom. The minimum Gasteiger partial charge on any atom is -0.481 e. The molecule has 4 heteroatoms. The van der Waals surface area contributed by atoms with E-state index in [1.807, 2.05) is 50.2 Å². The predicted molar refractivity (Wildman–Crippen MR) is 93.8 cm³/mol. The van der Waals surface area contributed by atoms with Crippen LogP contribution in [-0.4, -0.2) is 24.0 Å². The van der Waals surface area contributed by atoms with Crippen LogP contribution >= 0.6 is 11.6 Å².